The average molecular weight is 759 g/mol. The smallest absolute Gasteiger partial charge is 0.279 e. The van der Waals surface area contributed by atoms with Gasteiger partial charge in [0.25, 0.3) is 11.5 Å². The molecule has 0 radical (unpaired) electrons. The number of nitrogens with zero attached hydrogens (tertiary/aromatic N) is 6. The summed E-state index contributed by atoms with van der Waals surface area (Å²) in [7, 11) is -1.85. The second-order valence-electron chi connectivity index (χ2n) is 15.0. The van der Waals surface area contributed by atoms with Gasteiger partial charge in [0.2, 0.25) is 8.41 Å². The van der Waals surface area contributed by atoms with Crippen molar-refractivity contribution < 1.29 is 23.5 Å². The first-order chi connectivity index (χ1) is 26.5. The normalized spacial score (nSPS) is 21.4. The van der Waals surface area contributed by atoms with Crippen LogP contribution in [-0.2, 0) is 28.2 Å². The van der Waals surface area contributed by atoms with Crippen LogP contribution in [0.5, 0.6) is 5.75 Å². The number of ether oxygens (including phenoxy) is 2. The molecule has 1 N–H and O–H groups in total. The Labute approximate surface area is 319 Å². The zero-order valence-electron chi connectivity index (χ0n) is 31.2. The van der Waals surface area contributed by atoms with Gasteiger partial charge in [0.1, 0.15) is 5.75 Å². The standard InChI is InChI=1S/C42H43FN6O5Si/c1-27-39(55(3,4)43)38(19-20-47-25-36(45-46-47)34(26-50)29-12-6-5-7-13-29)54-42(27)35-22-32(53-2)17-18-37(35)48(41(42)52)24-28-11-10-15-31(21-28)49-40(51)33-16-9-8-14-30(33)23-44-49/h5-18,21-23,25,27,34,38-39,50H,19-20,24,26H2,1-4H3/t27-,34?,38+,39-,42+/m0/s1. The van der Waals surface area contributed by atoms with Gasteiger partial charge in [-0.15, -0.1) is 5.10 Å². The lowest BCUT2D eigenvalue weighted by Crippen LogP contribution is -2.45. The van der Waals surface area contributed by atoms with Crippen LogP contribution in [-0.4, -0.2) is 64.0 Å². The first-order valence-electron chi connectivity index (χ1n) is 18.5. The SMILES string of the molecule is COc1ccc2c(c1)[C@@]1(O[C@H](CCn3cc(C(CO)c4ccccc4)nn3)[C@@H]([Si](C)(C)F)[C@@H]1C)C(=O)N2Cc1cccc(-n2ncc3ccccc3c2=O)c1. The van der Waals surface area contributed by atoms with E-state index in [0.29, 0.717) is 46.7 Å². The van der Waals surface area contributed by atoms with Crippen LogP contribution < -0.4 is 15.2 Å². The van der Waals surface area contributed by atoms with E-state index in [2.05, 4.69) is 15.4 Å². The van der Waals surface area contributed by atoms with Crippen molar-refractivity contribution in [2.75, 3.05) is 18.6 Å². The van der Waals surface area contributed by atoms with Crippen molar-refractivity contribution >= 4 is 30.8 Å². The number of methoxy groups -OCH3 is 1. The lowest BCUT2D eigenvalue weighted by atomic mass is 9.82. The molecule has 6 aromatic rings. The third kappa shape index (κ3) is 6.35. The van der Waals surface area contributed by atoms with Crippen LogP contribution in [0.25, 0.3) is 16.5 Å². The fourth-order valence-electron chi connectivity index (χ4n) is 8.72. The Morgan fingerprint density at radius 3 is 2.55 bits per heavy atom. The van der Waals surface area contributed by atoms with Crippen LogP contribution >= 0.6 is 0 Å². The van der Waals surface area contributed by atoms with E-state index in [1.165, 1.54) is 4.68 Å². The Kier molecular flexibility index (Phi) is 9.48. The summed E-state index contributed by atoms with van der Waals surface area (Å²) in [5.74, 6) is -0.527. The molecule has 1 unspecified atom stereocenters. The predicted octanol–water partition coefficient (Wildman–Crippen LogP) is 6.52. The van der Waals surface area contributed by atoms with Gasteiger partial charge in [0.05, 0.1) is 60.9 Å². The number of aliphatic hydroxyl groups excluding tert-OH is 1. The molecule has 2 aromatic heterocycles. The van der Waals surface area contributed by atoms with E-state index in [9.17, 15) is 9.90 Å². The van der Waals surface area contributed by atoms with Crippen molar-refractivity contribution in [3.8, 4) is 11.4 Å². The highest BCUT2D eigenvalue weighted by Crippen LogP contribution is 2.60. The number of aliphatic hydroxyl groups is 1. The number of rotatable bonds is 11. The maximum absolute atomic E-state index is 16.5. The number of benzene rings is 4. The summed E-state index contributed by atoms with van der Waals surface area (Å²) < 4.78 is 32.2. The highest BCUT2D eigenvalue weighted by Gasteiger charge is 2.66. The Morgan fingerprint density at radius 2 is 1.78 bits per heavy atom. The van der Waals surface area contributed by atoms with Crippen molar-refractivity contribution in [1.29, 1.82) is 0 Å². The number of anilines is 1. The minimum Gasteiger partial charge on any atom is -0.497 e. The van der Waals surface area contributed by atoms with Crippen LogP contribution in [0.1, 0.15) is 41.6 Å². The van der Waals surface area contributed by atoms with E-state index in [-0.39, 0.29) is 30.5 Å². The summed E-state index contributed by atoms with van der Waals surface area (Å²) in [6.07, 6.45) is 3.29. The Bertz CT molecular complexity index is 2430. The average Bonchev–Trinajstić information content (AvgIpc) is 3.85. The third-order valence-electron chi connectivity index (χ3n) is 11.3. The molecule has 1 fully saturated rings. The van der Waals surface area contributed by atoms with Crippen molar-refractivity contribution in [1.82, 2.24) is 24.8 Å². The summed E-state index contributed by atoms with van der Waals surface area (Å²) in [4.78, 5) is 30.2. The number of hydrogen-bond donors (Lipinski definition) is 1. The topological polar surface area (TPSA) is 125 Å². The van der Waals surface area contributed by atoms with E-state index in [1.54, 1.807) is 42.0 Å². The van der Waals surface area contributed by atoms with Crippen LogP contribution in [0.4, 0.5) is 9.80 Å². The molecule has 282 valence electrons. The van der Waals surface area contributed by atoms with E-state index < -0.39 is 31.6 Å². The molecule has 1 saturated heterocycles. The summed E-state index contributed by atoms with van der Waals surface area (Å²) in [6, 6.07) is 29.9. The summed E-state index contributed by atoms with van der Waals surface area (Å²) in [6.45, 7) is 5.74. The molecule has 1 spiro atoms. The number of aryl methyl sites for hydroxylation is 1. The fourth-order valence-corrected chi connectivity index (χ4v) is 11.3. The molecule has 13 heteroatoms. The maximum atomic E-state index is 16.5. The zero-order valence-corrected chi connectivity index (χ0v) is 32.2. The predicted molar refractivity (Wildman–Crippen MR) is 210 cm³/mol. The monoisotopic (exact) mass is 758 g/mol. The van der Waals surface area contributed by atoms with Gasteiger partial charge in [-0.1, -0.05) is 72.8 Å². The van der Waals surface area contributed by atoms with Gasteiger partial charge < -0.3 is 23.6 Å². The molecule has 0 bridgehead atoms. The summed E-state index contributed by atoms with van der Waals surface area (Å²) >= 11 is 0. The number of carbonyl (C=O) groups excluding carboxylic acids is 1. The van der Waals surface area contributed by atoms with Crippen molar-refractivity contribution in [3.63, 3.8) is 0 Å². The van der Waals surface area contributed by atoms with E-state index in [4.69, 9.17) is 9.47 Å². The van der Waals surface area contributed by atoms with Crippen LogP contribution in [0, 0.1) is 5.92 Å². The molecule has 11 nitrogen and oxygen atoms in total. The van der Waals surface area contributed by atoms with Gasteiger partial charge >= 0.3 is 0 Å². The highest BCUT2D eigenvalue weighted by atomic mass is 28.4. The summed E-state index contributed by atoms with van der Waals surface area (Å²) in [5, 5.41) is 24.7. The Balaban J connectivity index is 1.10. The van der Waals surface area contributed by atoms with Crippen LogP contribution in [0.15, 0.2) is 114 Å². The minimum atomic E-state index is -3.43. The first-order valence-corrected chi connectivity index (χ1v) is 21.5. The van der Waals surface area contributed by atoms with Crippen molar-refractivity contribution in [2.45, 2.75) is 62.7 Å². The quantitative estimate of drug-likeness (QED) is 0.117. The molecule has 4 heterocycles. The molecule has 0 saturated carbocycles. The number of fused-ring (bicyclic) bond motifs is 3. The molecule has 8 rings (SSSR count). The molecule has 4 aromatic carbocycles. The van der Waals surface area contributed by atoms with E-state index in [1.807, 2.05) is 104 Å². The first kappa shape index (κ1) is 36.5. The number of halogens is 1. The number of aromatic nitrogens is 5. The number of carbonyl (C=O) groups is 1. The molecule has 0 aliphatic carbocycles. The molecule has 2 aliphatic heterocycles. The van der Waals surface area contributed by atoms with E-state index in [0.717, 1.165) is 16.5 Å². The minimum absolute atomic E-state index is 0.122. The Morgan fingerprint density at radius 1 is 1.00 bits per heavy atom. The lowest BCUT2D eigenvalue weighted by molar-refractivity contribution is -0.146. The molecule has 2 aliphatic rings. The van der Waals surface area contributed by atoms with Crippen LogP contribution in [0.2, 0.25) is 18.6 Å². The number of amides is 1. The zero-order chi connectivity index (χ0) is 38.5. The fraction of sp³-hybridized carbons (Fsp3) is 0.310. The highest BCUT2D eigenvalue weighted by molar-refractivity contribution is 6.72. The van der Waals surface area contributed by atoms with Gasteiger partial charge in [-0.25, -0.2) is 0 Å². The summed E-state index contributed by atoms with van der Waals surface area (Å²) in [5.41, 5.74) is 2.04. The van der Waals surface area contributed by atoms with Crippen molar-refractivity contribution in [2.24, 2.45) is 5.92 Å². The molecular formula is C42H43FN6O5Si. The second kappa shape index (κ2) is 14.3. The third-order valence-corrected chi connectivity index (χ3v) is 13.8. The van der Waals surface area contributed by atoms with E-state index >= 15 is 8.90 Å². The van der Waals surface area contributed by atoms with Crippen LogP contribution in [0.3, 0.4) is 0 Å². The van der Waals surface area contributed by atoms with Gasteiger partial charge in [0, 0.05) is 35.2 Å². The maximum Gasteiger partial charge on any atom is 0.279 e. The molecular weight excluding hydrogens is 716 g/mol. The van der Waals surface area contributed by atoms with Gasteiger partial charge in [-0.3, -0.25) is 14.3 Å². The van der Waals surface area contributed by atoms with Crippen molar-refractivity contribution in [3.05, 3.63) is 142 Å². The van der Waals surface area contributed by atoms with Gasteiger partial charge in [0.15, 0.2) is 5.60 Å². The van der Waals surface area contributed by atoms with Gasteiger partial charge in [-0.2, -0.15) is 9.78 Å². The second-order valence-corrected chi connectivity index (χ2v) is 18.8. The molecule has 55 heavy (non-hydrogen) atoms. The van der Waals surface area contributed by atoms with Gasteiger partial charge in [-0.05, 0) is 67.0 Å². The largest absolute Gasteiger partial charge is 0.497 e. The Hall–Kier alpha value is -5.50. The lowest BCUT2D eigenvalue weighted by Gasteiger charge is -2.31. The molecule has 1 amide bonds. The molecule has 5 atom stereocenters. The number of hydrogen-bond acceptors (Lipinski definition) is 8.